The minimum absolute atomic E-state index is 0.00688. The molecule has 0 unspecified atom stereocenters. The van der Waals surface area contributed by atoms with Crippen LogP contribution in [0.1, 0.15) is 25.3 Å². The average molecular weight is 306 g/mol. The minimum Gasteiger partial charge on any atom is -0.494 e. The molecule has 0 saturated carbocycles. The third kappa shape index (κ3) is 5.66. The van der Waals surface area contributed by atoms with Crippen molar-refractivity contribution in [2.45, 2.75) is 32.3 Å². The predicted molar refractivity (Wildman–Crippen MR) is 86.2 cm³/mol. The standard InChI is InChI=1S/C17H26N2O3/c1-2-21-16-8-4-3-6-14(16)7-5-9-19-17(20)12-15-13-18-10-11-22-15/h3-4,6,8,15,18H,2,5,7,9-13H2,1H3,(H,19,20)/t15-/m0/s1. The fourth-order valence-corrected chi connectivity index (χ4v) is 2.54. The number of aryl methyl sites for hydroxylation is 1. The lowest BCUT2D eigenvalue weighted by Gasteiger charge is -2.23. The third-order valence-corrected chi connectivity index (χ3v) is 3.63. The van der Waals surface area contributed by atoms with Crippen molar-refractivity contribution in [3.05, 3.63) is 29.8 Å². The minimum atomic E-state index is 0.00688. The van der Waals surface area contributed by atoms with Crippen LogP contribution in [-0.2, 0) is 16.0 Å². The summed E-state index contributed by atoms with van der Waals surface area (Å²) in [6, 6.07) is 8.07. The van der Waals surface area contributed by atoms with Crippen LogP contribution in [0.5, 0.6) is 5.75 Å². The molecule has 1 saturated heterocycles. The summed E-state index contributed by atoms with van der Waals surface area (Å²) in [5, 5.41) is 6.19. The first-order valence-corrected chi connectivity index (χ1v) is 8.09. The van der Waals surface area contributed by atoms with Gasteiger partial charge in [-0.05, 0) is 31.4 Å². The van der Waals surface area contributed by atoms with Gasteiger partial charge in [0.2, 0.25) is 5.91 Å². The number of benzene rings is 1. The highest BCUT2D eigenvalue weighted by molar-refractivity contribution is 5.76. The molecule has 1 aromatic rings. The van der Waals surface area contributed by atoms with E-state index in [-0.39, 0.29) is 12.0 Å². The van der Waals surface area contributed by atoms with Crippen LogP contribution in [0.25, 0.3) is 0 Å². The molecule has 1 fully saturated rings. The monoisotopic (exact) mass is 306 g/mol. The molecular formula is C17H26N2O3. The van der Waals surface area contributed by atoms with Gasteiger partial charge < -0.3 is 20.1 Å². The van der Waals surface area contributed by atoms with Gasteiger partial charge >= 0.3 is 0 Å². The quantitative estimate of drug-likeness (QED) is 0.715. The van der Waals surface area contributed by atoms with E-state index in [2.05, 4.69) is 16.7 Å². The number of hydrogen-bond acceptors (Lipinski definition) is 4. The van der Waals surface area contributed by atoms with Crippen molar-refractivity contribution >= 4 is 5.91 Å². The zero-order valence-corrected chi connectivity index (χ0v) is 13.3. The van der Waals surface area contributed by atoms with Crippen LogP contribution < -0.4 is 15.4 Å². The Morgan fingerprint density at radius 2 is 2.32 bits per heavy atom. The molecule has 1 amide bonds. The topological polar surface area (TPSA) is 59.6 Å². The van der Waals surface area contributed by atoms with Crippen molar-refractivity contribution in [3.63, 3.8) is 0 Å². The Labute approximate surface area is 132 Å². The molecular weight excluding hydrogens is 280 g/mol. The zero-order valence-electron chi connectivity index (χ0n) is 13.3. The van der Waals surface area contributed by atoms with Crippen molar-refractivity contribution in [1.82, 2.24) is 10.6 Å². The van der Waals surface area contributed by atoms with E-state index in [1.54, 1.807) is 0 Å². The number of hydrogen-bond donors (Lipinski definition) is 2. The molecule has 2 rings (SSSR count). The largest absolute Gasteiger partial charge is 0.494 e. The summed E-state index contributed by atoms with van der Waals surface area (Å²) < 4.78 is 11.1. The molecule has 1 atom stereocenters. The summed E-state index contributed by atoms with van der Waals surface area (Å²) >= 11 is 0. The molecule has 1 aromatic carbocycles. The maximum atomic E-state index is 11.8. The highest BCUT2D eigenvalue weighted by Gasteiger charge is 2.16. The van der Waals surface area contributed by atoms with Gasteiger partial charge in [0, 0.05) is 19.6 Å². The molecule has 0 bridgehead atoms. The van der Waals surface area contributed by atoms with Crippen LogP contribution in [-0.4, -0.2) is 44.9 Å². The molecule has 1 heterocycles. The number of rotatable bonds is 8. The van der Waals surface area contributed by atoms with E-state index in [0.717, 1.165) is 31.7 Å². The summed E-state index contributed by atoms with van der Waals surface area (Å²) in [6.07, 6.45) is 2.24. The SMILES string of the molecule is CCOc1ccccc1CCCNC(=O)C[C@H]1CNCCO1. The van der Waals surface area contributed by atoms with Gasteiger partial charge in [-0.3, -0.25) is 4.79 Å². The van der Waals surface area contributed by atoms with Crippen LogP contribution in [0.3, 0.4) is 0 Å². The number of carbonyl (C=O) groups excluding carboxylic acids is 1. The van der Waals surface area contributed by atoms with Gasteiger partial charge in [0.25, 0.3) is 0 Å². The number of morpholine rings is 1. The van der Waals surface area contributed by atoms with Crippen LogP contribution in [0.15, 0.2) is 24.3 Å². The van der Waals surface area contributed by atoms with Crippen molar-refractivity contribution in [1.29, 1.82) is 0 Å². The summed E-state index contributed by atoms with van der Waals surface area (Å²) in [7, 11) is 0. The first-order valence-electron chi connectivity index (χ1n) is 8.09. The summed E-state index contributed by atoms with van der Waals surface area (Å²) in [5.41, 5.74) is 1.19. The lowest BCUT2D eigenvalue weighted by Crippen LogP contribution is -2.41. The van der Waals surface area contributed by atoms with E-state index < -0.39 is 0 Å². The van der Waals surface area contributed by atoms with Crippen molar-refractivity contribution in [2.75, 3.05) is 32.8 Å². The fourth-order valence-electron chi connectivity index (χ4n) is 2.54. The molecule has 1 aliphatic rings. The molecule has 122 valence electrons. The van der Waals surface area contributed by atoms with Gasteiger partial charge in [-0.15, -0.1) is 0 Å². The number of para-hydroxylation sites is 1. The Balaban J connectivity index is 1.65. The van der Waals surface area contributed by atoms with E-state index >= 15 is 0 Å². The number of amides is 1. The number of ether oxygens (including phenoxy) is 2. The van der Waals surface area contributed by atoms with E-state index in [1.807, 2.05) is 25.1 Å². The maximum absolute atomic E-state index is 11.8. The summed E-state index contributed by atoms with van der Waals surface area (Å²) in [5.74, 6) is 1.00. The molecule has 0 aliphatic carbocycles. The Hall–Kier alpha value is -1.59. The Morgan fingerprint density at radius 1 is 1.45 bits per heavy atom. The Bertz CT molecular complexity index is 459. The molecule has 5 nitrogen and oxygen atoms in total. The molecule has 0 radical (unpaired) electrons. The van der Waals surface area contributed by atoms with Gasteiger partial charge in [0.1, 0.15) is 5.75 Å². The van der Waals surface area contributed by atoms with E-state index in [0.29, 0.717) is 26.2 Å². The second-order valence-electron chi connectivity index (χ2n) is 5.40. The second kappa shape index (κ2) is 9.43. The van der Waals surface area contributed by atoms with Gasteiger partial charge in [0.15, 0.2) is 0 Å². The van der Waals surface area contributed by atoms with Crippen molar-refractivity contribution < 1.29 is 14.3 Å². The smallest absolute Gasteiger partial charge is 0.222 e. The third-order valence-electron chi connectivity index (χ3n) is 3.63. The second-order valence-corrected chi connectivity index (χ2v) is 5.40. The molecule has 22 heavy (non-hydrogen) atoms. The first-order chi connectivity index (χ1) is 10.8. The molecule has 0 spiro atoms. The highest BCUT2D eigenvalue weighted by Crippen LogP contribution is 2.19. The van der Waals surface area contributed by atoms with Crippen LogP contribution in [0.2, 0.25) is 0 Å². The molecule has 1 aliphatic heterocycles. The predicted octanol–water partition coefficient (Wildman–Crippen LogP) is 1.51. The lowest BCUT2D eigenvalue weighted by atomic mass is 10.1. The normalized spacial score (nSPS) is 18.0. The van der Waals surface area contributed by atoms with Gasteiger partial charge in [0.05, 0.1) is 25.7 Å². The number of nitrogens with one attached hydrogen (secondary N) is 2. The Kier molecular flexibility index (Phi) is 7.19. The van der Waals surface area contributed by atoms with Gasteiger partial charge in [-0.2, -0.15) is 0 Å². The number of carbonyl (C=O) groups is 1. The summed E-state index contributed by atoms with van der Waals surface area (Å²) in [4.78, 5) is 11.8. The first kappa shape index (κ1) is 16.8. The van der Waals surface area contributed by atoms with Crippen molar-refractivity contribution in [3.8, 4) is 5.75 Å². The van der Waals surface area contributed by atoms with Crippen LogP contribution in [0.4, 0.5) is 0 Å². The average Bonchev–Trinajstić information content (AvgIpc) is 2.54. The lowest BCUT2D eigenvalue weighted by molar-refractivity contribution is -0.124. The summed E-state index contributed by atoms with van der Waals surface area (Å²) in [6.45, 7) is 5.65. The fraction of sp³-hybridized carbons (Fsp3) is 0.588. The van der Waals surface area contributed by atoms with E-state index in [9.17, 15) is 4.79 Å². The van der Waals surface area contributed by atoms with Crippen LogP contribution in [0, 0.1) is 0 Å². The van der Waals surface area contributed by atoms with Crippen molar-refractivity contribution in [2.24, 2.45) is 0 Å². The van der Waals surface area contributed by atoms with Gasteiger partial charge in [-0.1, -0.05) is 18.2 Å². The zero-order chi connectivity index (χ0) is 15.6. The molecule has 0 aromatic heterocycles. The maximum Gasteiger partial charge on any atom is 0.222 e. The molecule has 2 N–H and O–H groups in total. The van der Waals surface area contributed by atoms with E-state index in [1.165, 1.54) is 5.56 Å². The Morgan fingerprint density at radius 3 is 3.09 bits per heavy atom. The van der Waals surface area contributed by atoms with Gasteiger partial charge in [-0.25, -0.2) is 0 Å². The highest BCUT2D eigenvalue weighted by atomic mass is 16.5. The van der Waals surface area contributed by atoms with E-state index in [4.69, 9.17) is 9.47 Å². The molecule has 5 heteroatoms. The van der Waals surface area contributed by atoms with Crippen LogP contribution >= 0.6 is 0 Å².